The molecule has 184 valence electrons. The van der Waals surface area contributed by atoms with E-state index in [1.54, 1.807) is 7.11 Å². The SMILES string of the molecule is CC(=O)c1cccc(C(=O)O)c1O.COc1ccc2c3c1O[C@H]1[C@@H](O)C=C[C@H]4[C@@H](C2)N(C)CC[C@@]341. The van der Waals surface area contributed by atoms with Crippen molar-refractivity contribution >= 4 is 11.8 Å². The minimum Gasteiger partial charge on any atom is -0.506 e. The fourth-order valence-electron chi connectivity index (χ4n) is 6.39. The molecule has 8 nitrogen and oxygen atoms in total. The number of carbonyl (C=O) groups is 2. The summed E-state index contributed by atoms with van der Waals surface area (Å²) in [6.45, 7) is 2.32. The molecular weight excluding hydrogens is 450 g/mol. The van der Waals surface area contributed by atoms with Crippen LogP contribution >= 0.6 is 0 Å². The summed E-state index contributed by atoms with van der Waals surface area (Å²) in [6, 6.07) is 8.74. The van der Waals surface area contributed by atoms with Crippen LogP contribution in [0.25, 0.3) is 0 Å². The Morgan fingerprint density at radius 1 is 1.17 bits per heavy atom. The zero-order chi connectivity index (χ0) is 25.1. The van der Waals surface area contributed by atoms with Gasteiger partial charge in [-0.05, 0) is 57.1 Å². The van der Waals surface area contributed by atoms with E-state index in [4.69, 9.17) is 14.6 Å². The fourth-order valence-corrected chi connectivity index (χ4v) is 6.39. The number of aliphatic hydroxyl groups excluding tert-OH is 1. The van der Waals surface area contributed by atoms with Crippen LogP contribution in [0.3, 0.4) is 0 Å². The molecular formula is C27H29NO7. The molecule has 2 aromatic rings. The Kier molecular flexibility index (Phi) is 5.61. The molecule has 0 saturated carbocycles. The molecule has 1 fully saturated rings. The Morgan fingerprint density at radius 2 is 1.91 bits per heavy atom. The maximum absolute atomic E-state index is 10.9. The van der Waals surface area contributed by atoms with Gasteiger partial charge in [-0.1, -0.05) is 24.3 Å². The molecule has 2 aliphatic heterocycles. The number of nitrogens with zero attached hydrogens (tertiary/aromatic N) is 1. The molecule has 2 aliphatic carbocycles. The van der Waals surface area contributed by atoms with Crippen molar-refractivity contribution in [2.45, 2.75) is 43.4 Å². The Morgan fingerprint density at radius 3 is 2.60 bits per heavy atom. The van der Waals surface area contributed by atoms with Crippen molar-refractivity contribution in [3.63, 3.8) is 0 Å². The number of likely N-dealkylation sites (N-methyl/N-ethyl adjacent to an activating group) is 1. The predicted octanol–water partition coefficient (Wildman–Crippen LogP) is 2.79. The molecule has 8 heteroatoms. The van der Waals surface area contributed by atoms with Crippen LogP contribution in [-0.2, 0) is 11.8 Å². The lowest BCUT2D eigenvalue weighted by atomic mass is 9.53. The maximum Gasteiger partial charge on any atom is 0.339 e. The number of ketones is 1. The van der Waals surface area contributed by atoms with E-state index >= 15 is 0 Å². The van der Waals surface area contributed by atoms with Gasteiger partial charge in [-0.2, -0.15) is 0 Å². The molecule has 35 heavy (non-hydrogen) atoms. The summed E-state index contributed by atoms with van der Waals surface area (Å²) < 4.78 is 11.8. The molecule has 0 unspecified atom stereocenters. The number of hydrogen-bond acceptors (Lipinski definition) is 7. The van der Waals surface area contributed by atoms with Crippen molar-refractivity contribution < 1.29 is 34.4 Å². The molecule has 1 saturated heterocycles. The number of hydrogen-bond donors (Lipinski definition) is 3. The van der Waals surface area contributed by atoms with Gasteiger partial charge in [0.05, 0.1) is 12.7 Å². The molecule has 2 bridgehead atoms. The lowest BCUT2D eigenvalue weighted by molar-refractivity contribution is -0.0453. The number of carboxylic acid groups (broad SMARTS) is 1. The van der Waals surface area contributed by atoms with E-state index in [-0.39, 0.29) is 28.4 Å². The number of aliphatic hydroxyl groups is 1. The van der Waals surface area contributed by atoms with Gasteiger partial charge in [0.15, 0.2) is 17.3 Å². The number of rotatable bonds is 3. The average molecular weight is 480 g/mol. The minimum atomic E-state index is -1.25. The third-order valence-corrected chi connectivity index (χ3v) is 8.00. The summed E-state index contributed by atoms with van der Waals surface area (Å²) in [5.74, 6) is 0.0100. The number of carbonyl (C=O) groups excluding carboxylic acids is 1. The van der Waals surface area contributed by atoms with Crippen molar-refractivity contribution in [1.82, 2.24) is 4.90 Å². The van der Waals surface area contributed by atoms with Crippen molar-refractivity contribution in [3.8, 4) is 17.2 Å². The first-order valence-corrected chi connectivity index (χ1v) is 11.7. The van der Waals surface area contributed by atoms with Crippen molar-refractivity contribution in [3.05, 3.63) is 64.7 Å². The number of aromatic hydroxyl groups is 1. The zero-order valence-electron chi connectivity index (χ0n) is 19.9. The van der Waals surface area contributed by atoms with E-state index in [2.05, 4.69) is 24.1 Å². The number of ether oxygens (including phenoxy) is 2. The number of phenols is 1. The minimum absolute atomic E-state index is 0.0277. The van der Waals surface area contributed by atoms with Crippen LogP contribution in [0.4, 0.5) is 0 Å². The average Bonchev–Trinajstić information content (AvgIpc) is 3.18. The quantitative estimate of drug-likeness (QED) is 0.455. The van der Waals surface area contributed by atoms with Crippen LogP contribution in [-0.4, -0.2) is 70.9 Å². The molecule has 0 aromatic heterocycles. The van der Waals surface area contributed by atoms with Crippen molar-refractivity contribution in [2.75, 3.05) is 20.7 Å². The van der Waals surface area contributed by atoms with E-state index in [0.717, 1.165) is 30.9 Å². The van der Waals surface area contributed by atoms with Gasteiger partial charge in [-0.25, -0.2) is 4.79 Å². The lowest BCUT2D eigenvalue weighted by Gasteiger charge is -2.56. The van der Waals surface area contributed by atoms with Gasteiger partial charge in [-0.15, -0.1) is 0 Å². The van der Waals surface area contributed by atoms with E-state index < -0.39 is 17.8 Å². The van der Waals surface area contributed by atoms with Crippen LogP contribution in [0.2, 0.25) is 0 Å². The first kappa shape index (κ1) is 23.4. The van der Waals surface area contributed by atoms with E-state index in [9.17, 15) is 19.8 Å². The Balaban J connectivity index is 0.000000168. The summed E-state index contributed by atoms with van der Waals surface area (Å²) >= 11 is 0. The van der Waals surface area contributed by atoms with Crippen LogP contribution in [0.1, 0.15) is 45.2 Å². The molecule has 0 radical (unpaired) electrons. The fraction of sp³-hybridized carbons (Fsp3) is 0.407. The number of para-hydroxylation sites is 1. The highest BCUT2D eigenvalue weighted by Gasteiger charge is 2.64. The van der Waals surface area contributed by atoms with E-state index in [0.29, 0.717) is 12.0 Å². The number of carboxylic acids is 1. The Labute approximate surface area is 203 Å². The molecule has 1 spiro atoms. The summed E-state index contributed by atoms with van der Waals surface area (Å²) in [4.78, 5) is 23.9. The highest BCUT2D eigenvalue weighted by atomic mass is 16.5. The van der Waals surface area contributed by atoms with Crippen LogP contribution in [0, 0.1) is 5.92 Å². The van der Waals surface area contributed by atoms with Gasteiger partial charge in [0.25, 0.3) is 0 Å². The second kappa shape index (κ2) is 8.39. The Bertz CT molecular complexity index is 1210. The lowest BCUT2D eigenvalue weighted by Crippen LogP contribution is -2.64. The molecule has 2 aromatic carbocycles. The first-order chi connectivity index (χ1) is 16.7. The molecule has 2 heterocycles. The standard InChI is InChI=1S/C18H21NO3.C9H8O4/c1-19-8-7-18-11-4-5-13(20)17(18)22-16-14(21-2)6-3-10(15(16)18)9-12(11)19;1-5(10)6-3-2-4-7(8(6)11)9(12)13/h3-6,11-13,17,20H,7-9H2,1-2H3;2-4,11H,1H3,(H,12,13)/t11-,12+,13-,17-,18-;/m0./s1. The van der Waals surface area contributed by atoms with Gasteiger partial charge in [0, 0.05) is 22.9 Å². The normalized spacial score (nSPS) is 29.4. The third-order valence-electron chi connectivity index (χ3n) is 8.00. The van der Waals surface area contributed by atoms with Gasteiger partial charge in [0.1, 0.15) is 23.5 Å². The van der Waals surface area contributed by atoms with Crippen LogP contribution in [0.5, 0.6) is 17.2 Å². The van der Waals surface area contributed by atoms with Crippen molar-refractivity contribution in [2.24, 2.45) is 5.92 Å². The molecule has 0 amide bonds. The largest absolute Gasteiger partial charge is 0.506 e. The summed E-state index contributed by atoms with van der Waals surface area (Å²) in [5.41, 5.74) is 2.37. The molecule has 3 N–H and O–H groups in total. The summed E-state index contributed by atoms with van der Waals surface area (Å²) in [7, 11) is 3.91. The summed E-state index contributed by atoms with van der Waals surface area (Å²) in [6.07, 6.45) is 5.54. The molecule has 5 atom stereocenters. The topological polar surface area (TPSA) is 117 Å². The first-order valence-electron chi connectivity index (χ1n) is 11.7. The van der Waals surface area contributed by atoms with Crippen LogP contribution < -0.4 is 9.47 Å². The number of methoxy groups -OCH3 is 1. The van der Waals surface area contributed by atoms with Gasteiger partial charge >= 0.3 is 5.97 Å². The number of benzene rings is 2. The number of piperidine rings is 1. The summed E-state index contributed by atoms with van der Waals surface area (Å²) in [5, 5.41) is 28.5. The Hall–Kier alpha value is -3.36. The number of aromatic carboxylic acids is 1. The maximum atomic E-state index is 10.9. The predicted molar refractivity (Wildman–Crippen MR) is 128 cm³/mol. The van der Waals surface area contributed by atoms with Gasteiger partial charge in [-0.3, -0.25) is 4.79 Å². The monoisotopic (exact) mass is 479 g/mol. The second-order valence-corrected chi connectivity index (χ2v) is 9.68. The van der Waals surface area contributed by atoms with Crippen molar-refractivity contribution in [1.29, 1.82) is 0 Å². The molecule has 4 aliphatic rings. The smallest absolute Gasteiger partial charge is 0.339 e. The van der Waals surface area contributed by atoms with Gasteiger partial charge < -0.3 is 29.7 Å². The van der Waals surface area contributed by atoms with E-state index in [1.807, 2.05) is 12.1 Å². The number of likely N-dealkylation sites (tertiary alicyclic amines) is 1. The third kappa shape index (κ3) is 3.35. The highest BCUT2D eigenvalue weighted by Crippen LogP contribution is 2.62. The highest BCUT2D eigenvalue weighted by molar-refractivity contribution is 6.01. The van der Waals surface area contributed by atoms with Crippen LogP contribution in [0.15, 0.2) is 42.5 Å². The van der Waals surface area contributed by atoms with Gasteiger partial charge in [0.2, 0.25) is 0 Å². The molecule has 6 rings (SSSR count). The zero-order valence-corrected chi connectivity index (χ0v) is 19.9. The number of Topliss-reactive ketones (excluding diaryl/α,β-unsaturated/α-hetero) is 1. The van der Waals surface area contributed by atoms with E-state index in [1.165, 1.54) is 36.2 Å². The second-order valence-electron chi connectivity index (χ2n) is 9.68.